The fourth-order valence-corrected chi connectivity index (χ4v) is 3.72. The Kier molecular flexibility index (Phi) is 6.90. The Morgan fingerprint density at radius 1 is 1.25 bits per heavy atom. The molecule has 7 heteroatoms. The standard InChI is InChI=1S/C21H31N5O2/c1-3-22-21(26-11-4-5-16(2)14-26)24-13-17-6-8-18(9-7-17)20(28)25-12-10-23-19(27)15-25/h6-9,16H,3-5,10-15H2,1-2H3,(H,22,24)(H,23,27). The Hall–Kier alpha value is -2.57. The largest absolute Gasteiger partial charge is 0.357 e. The topological polar surface area (TPSA) is 77.0 Å². The second-order valence-corrected chi connectivity index (χ2v) is 7.64. The SMILES string of the molecule is CCNC(=NCc1ccc(C(=O)N2CCNC(=O)C2)cc1)N1CCCC(C)C1. The van der Waals surface area contributed by atoms with E-state index in [4.69, 9.17) is 4.99 Å². The number of guanidine groups is 1. The summed E-state index contributed by atoms with van der Waals surface area (Å²) < 4.78 is 0. The number of amides is 2. The highest BCUT2D eigenvalue weighted by atomic mass is 16.2. The van der Waals surface area contributed by atoms with Crippen molar-refractivity contribution in [2.75, 3.05) is 39.3 Å². The maximum Gasteiger partial charge on any atom is 0.254 e. The lowest BCUT2D eigenvalue weighted by atomic mass is 10.0. The third-order valence-electron chi connectivity index (χ3n) is 5.23. The van der Waals surface area contributed by atoms with Crippen molar-refractivity contribution in [1.82, 2.24) is 20.4 Å². The molecule has 28 heavy (non-hydrogen) atoms. The zero-order valence-electron chi connectivity index (χ0n) is 16.9. The van der Waals surface area contributed by atoms with Gasteiger partial charge in [0.2, 0.25) is 5.91 Å². The lowest BCUT2D eigenvalue weighted by Crippen LogP contribution is -2.49. The summed E-state index contributed by atoms with van der Waals surface area (Å²) in [4.78, 5) is 32.8. The van der Waals surface area contributed by atoms with E-state index in [0.717, 1.165) is 31.2 Å². The molecule has 2 heterocycles. The third-order valence-corrected chi connectivity index (χ3v) is 5.23. The maximum absolute atomic E-state index is 12.5. The van der Waals surface area contributed by atoms with Crippen molar-refractivity contribution < 1.29 is 9.59 Å². The Balaban J connectivity index is 1.62. The zero-order valence-corrected chi connectivity index (χ0v) is 16.9. The number of hydrogen-bond acceptors (Lipinski definition) is 3. The van der Waals surface area contributed by atoms with Crippen LogP contribution in [-0.2, 0) is 11.3 Å². The summed E-state index contributed by atoms with van der Waals surface area (Å²) in [7, 11) is 0. The van der Waals surface area contributed by atoms with Gasteiger partial charge in [0, 0.05) is 38.3 Å². The smallest absolute Gasteiger partial charge is 0.254 e. The fourth-order valence-electron chi connectivity index (χ4n) is 3.72. The van der Waals surface area contributed by atoms with Gasteiger partial charge in [-0.2, -0.15) is 0 Å². The predicted molar refractivity (Wildman–Crippen MR) is 110 cm³/mol. The van der Waals surface area contributed by atoms with Crippen molar-refractivity contribution >= 4 is 17.8 Å². The van der Waals surface area contributed by atoms with Crippen LogP contribution in [0.4, 0.5) is 0 Å². The van der Waals surface area contributed by atoms with Crippen LogP contribution in [0.1, 0.15) is 42.6 Å². The number of likely N-dealkylation sites (tertiary alicyclic amines) is 1. The molecule has 2 fully saturated rings. The number of carbonyl (C=O) groups excluding carboxylic acids is 2. The minimum absolute atomic E-state index is 0.0967. The van der Waals surface area contributed by atoms with Gasteiger partial charge in [-0.05, 0) is 43.4 Å². The van der Waals surface area contributed by atoms with E-state index in [9.17, 15) is 9.59 Å². The molecule has 0 aromatic heterocycles. The van der Waals surface area contributed by atoms with Gasteiger partial charge < -0.3 is 20.4 Å². The Morgan fingerprint density at radius 2 is 2.04 bits per heavy atom. The first-order valence-electron chi connectivity index (χ1n) is 10.2. The van der Waals surface area contributed by atoms with Crippen molar-refractivity contribution in [3.8, 4) is 0 Å². The number of aliphatic imine (C=N–C) groups is 1. The van der Waals surface area contributed by atoms with E-state index in [1.807, 2.05) is 24.3 Å². The Morgan fingerprint density at radius 3 is 2.71 bits per heavy atom. The second-order valence-electron chi connectivity index (χ2n) is 7.64. The number of nitrogens with one attached hydrogen (secondary N) is 2. The molecule has 0 saturated carbocycles. The summed E-state index contributed by atoms with van der Waals surface area (Å²) in [6, 6.07) is 7.55. The average Bonchev–Trinajstić information content (AvgIpc) is 2.71. The molecule has 7 nitrogen and oxygen atoms in total. The molecule has 0 bridgehead atoms. The molecule has 152 valence electrons. The summed E-state index contributed by atoms with van der Waals surface area (Å²) in [5.41, 5.74) is 1.67. The van der Waals surface area contributed by atoms with Crippen LogP contribution in [0.15, 0.2) is 29.3 Å². The first-order valence-corrected chi connectivity index (χ1v) is 10.2. The molecule has 3 rings (SSSR count). The van der Waals surface area contributed by atoms with Crippen LogP contribution in [0.25, 0.3) is 0 Å². The monoisotopic (exact) mass is 385 g/mol. The van der Waals surface area contributed by atoms with E-state index in [1.165, 1.54) is 12.8 Å². The molecule has 1 atom stereocenters. The second kappa shape index (κ2) is 9.57. The molecule has 2 aliphatic heterocycles. The quantitative estimate of drug-likeness (QED) is 0.608. The van der Waals surface area contributed by atoms with Gasteiger partial charge in [-0.1, -0.05) is 19.1 Å². The van der Waals surface area contributed by atoms with Gasteiger partial charge in [0.05, 0.1) is 13.1 Å². The van der Waals surface area contributed by atoms with E-state index in [0.29, 0.717) is 31.1 Å². The molecule has 2 saturated heterocycles. The van der Waals surface area contributed by atoms with Gasteiger partial charge in [0.25, 0.3) is 5.91 Å². The van der Waals surface area contributed by atoms with E-state index < -0.39 is 0 Å². The molecule has 1 aromatic carbocycles. The molecular weight excluding hydrogens is 354 g/mol. The van der Waals surface area contributed by atoms with Crippen molar-refractivity contribution in [3.63, 3.8) is 0 Å². The normalized spacial score (nSPS) is 20.7. The third kappa shape index (κ3) is 5.24. The van der Waals surface area contributed by atoms with Crippen molar-refractivity contribution in [2.24, 2.45) is 10.9 Å². The van der Waals surface area contributed by atoms with E-state index in [-0.39, 0.29) is 18.4 Å². The molecular formula is C21H31N5O2. The van der Waals surface area contributed by atoms with Crippen LogP contribution in [0, 0.1) is 5.92 Å². The van der Waals surface area contributed by atoms with Crippen LogP contribution < -0.4 is 10.6 Å². The minimum Gasteiger partial charge on any atom is -0.357 e. The van der Waals surface area contributed by atoms with Crippen LogP contribution in [0.5, 0.6) is 0 Å². The van der Waals surface area contributed by atoms with Gasteiger partial charge in [-0.15, -0.1) is 0 Å². The van der Waals surface area contributed by atoms with Crippen LogP contribution in [0.2, 0.25) is 0 Å². The molecule has 2 aliphatic rings. The number of carbonyl (C=O) groups is 2. The van der Waals surface area contributed by atoms with Crippen molar-refractivity contribution in [2.45, 2.75) is 33.2 Å². The molecule has 1 aromatic rings. The van der Waals surface area contributed by atoms with Gasteiger partial charge >= 0.3 is 0 Å². The van der Waals surface area contributed by atoms with Crippen LogP contribution in [0.3, 0.4) is 0 Å². The highest BCUT2D eigenvalue weighted by Gasteiger charge is 2.22. The number of piperazine rings is 1. The summed E-state index contributed by atoms with van der Waals surface area (Å²) in [6.45, 7) is 9.09. The summed E-state index contributed by atoms with van der Waals surface area (Å²) >= 11 is 0. The minimum atomic E-state index is -0.103. The summed E-state index contributed by atoms with van der Waals surface area (Å²) in [6.07, 6.45) is 2.49. The summed E-state index contributed by atoms with van der Waals surface area (Å²) in [5, 5.41) is 6.13. The molecule has 0 spiro atoms. The lowest BCUT2D eigenvalue weighted by molar-refractivity contribution is -0.123. The van der Waals surface area contributed by atoms with Crippen molar-refractivity contribution in [1.29, 1.82) is 0 Å². The number of nitrogens with zero attached hydrogens (tertiary/aromatic N) is 3. The summed E-state index contributed by atoms with van der Waals surface area (Å²) in [5.74, 6) is 1.46. The van der Waals surface area contributed by atoms with Gasteiger partial charge in [0.15, 0.2) is 5.96 Å². The predicted octanol–water partition coefficient (Wildman–Crippen LogP) is 1.46. The molecule has 2 amide bonds. The van der Waals surface area contributed by atoms with E-state index in [2.05, 4.69) is 29.4 Å². The van der Waals surface area contributed by atoms with Crippen molar-refractivity contribution in [3.05, 3.63) is 35.4 Å². The molecule has 2 N–H and O–H groups in total. The molecule has 0 radical (unpaired) electrons. The van der Waals surface area contributed by atoms with Gasteiger partial charge in [0.1, 0.15) is 0 Å². The number of piperidine rings is 1. The molecule has 1 unspecified atom stereocenters. The Bertz CT molecular complexity index is 716. The van der Waals surface area contributed by atoms with E-state index >= 15 is 0 Å². The van der Waals surface area contributed by atoms with Gasteiger partial charge in [-0.25, -0.2) is 4.99 Å². The number of hydrogen-bond donors (Lipinski definition) is 2. The number of benzene rings is 1. The van der Waals surface area contributed by atoms with Crippen LogP contribution >= 0.6 is 0 Å². The van der Waals surface area contributed by atoms with Gasteiger partial charge in [-0.3, -0.25) is 9.59 Å². The maximum atomic E-state index is 12.5. The average molecular weight is 386 g/mol. The molecule has 0 aliphatic carbocycles. The number of rotatable bonds is 4. The zero-order chi connectivity index (χ0) is 19.9. The lowest BCUT2D eigenvalue weighted by Gasteiger charge is -2.33. The highest BCUT2D eigenvalue weighted by Crippen LogP contribution is 2.16. The van der Waals surface area contributed by atoms with E-state index in [1.54, 1.807) is 4.90 Å². The fraction of sp³-hybridized carbons (Fsp3) is 0.571. The highest BCUT2D eigenvalue weighted by molar-refractivity contribution is 5.97. The van der Waals surface area contributed by atoms with Crippen LogP contribution in [-0.4, -0.2) is 66.8 Å². The first-order chi connectivity index (χ1) is 13.6. The Labute approximate surface area is 167 Å². The first kappa shape index (κ1) is 20.2.